The number of nitrogens with zero attached hydrogens (tertiary/aromatic N) is 2. The highest BCUT2D eigenvalue weighted by Crippen LogP contribution is 2.40. The van der Waals surface area contributed by atoms with Crippen molar-refractivity contribution < 1.29 is 14.3 Å². The lowest BCUT2D eigenvalue weighted by Crippen LogP contribution is -2.33. The minimum atomic E-state index is -0.762. The van der Waals surface area contributed by atoms with Crippen LogP contribution in [-0.4, -0.2) is 46.4 Å². The van der Waals surface area contributed by atoms with Gasteiger partial charge >= 0.3 is 0 Å². The number of carbonyl (C=O) groups excluding carboxylic acids is 1. The van der Waals surface area contributed by atoms with Crippen LogP contribution in [0, 0.1) is 17.7 Å². The number of anilines is 1. The first kappa shape index (κ1) is 27.2. The fraction of sp³-hybridized carbons (Fsp3) is 0.467. The maximum Gasteiger partial charge on any atom is 0.170 e. The third-order valence-corrected chi connectivity index (χ3v) is 8.63. The maximum absolute atomic E-state index is 14.2. The molecule has 2 aromatic carbocycles. The van der Waals surface area contributed by atoms with Crippen molar-refractivity contribution in [2.24, 2.45) is 11.8 Å². The Morgan fingerprint density at radius 1 is 1.05 bits per heavy atom. The summed E-state index contributed by atoms with van der Waals surface area (Å²) in [6, 6.07) is 8.86. The van der Waals surface area contributed by atoms with Gasteiger partial charge in [0.05, 0.1) is 21.8 Å². The second-order valence-electron chi connectivity index (χ2n) is 11.1. The number of Topliss-reactive ketones (excluding diaryl/α,β-unsaturated/α-hetero) is 1. The SMILES string of the molecule is Cl.O=C(c1cnc2ccc(-c3cc(F)c(O)c(Cl)c3)cc2c1N[C@H]1CC[C@H](CN2CCCC2)CC1)C1CC1. The van der Waals surface area contributed by atoms with Crippen LogP contribution in [0.4, 0.5) is 10.1 Å². The topological polar surface area (TPSA) is 65.5 Å². The number of likely N-dealkylation sites (tertiary alicyclic amines) is 1. The summed E-state index contributed by atoms with van der Waals surface area (Å²) in [7, 11) is 0. The lowest BCUT2D eigenvalue weighted by Gasteiger charge is -2.32. The Kier molecular flexibility index (Phi) is 8.13. The fourth-order valence-electron chi connectivity index (χ4n) is 6.04. The van der Waals surface area contributed by atoms with Gasteiger partial charge in [0.1, 0.15) is 0 Å². The van der Waals surface area contributed by atoms with E-state index in [1.54, 1.807) is 12.3 Å². The van der Waals surface area contributed by atoms with Gasteiger partial charge in [-0.05, 0) is 106 Å². The van der Waals surface area contributed by atoms with E-state index in [1.807, 2.05) is 18.2 Å². The van der Waals surface area contributed by atoms with Crippen LogP contribution in [0.5, 0.6) is 5.75 Å². The molecule has 0 atom stereocenters. The van der Waals surface area contributed by atoms with Gasteiger partial charge in [-0.15, -0.1) is 12.4 Å². The van der Waals surface area contributed by atoms with Crippen LogP contribution in [-0.2, 0) is 0 Å². The maximum atomic E-state index is 14.2. The van der Waals surface area contributed by atoms with Gasteiger partial charge in [-0.2, -0.15) is 0 Å². The van der Waals surface area contributed by atoms with Crippen LogP contribution >= 0.6 is 24.0 Å². The van der Waals surface area contributed by atoms with Crippen LogP contribution in [0.1, 0.15) is 61.7 Å². The molecular weight excluding hydrogens is 524 g/mol. The molecule has 6 rings (SSSR count). The van der Waals surface area contributed by atoms with Crippen molar-refractivity contribution in [2.45, 2.75) is 57.4 Å². The number of pyridine rings is 1. The molecule has 2 heterocycles. The van der Waals surface area contributed by atoms with Gasteiger partial charge in [0.25, 0.3) is 0 Å². The van der Waals surface area contributed by atoms with Crippen molar-refractivity contribution in [1.82, 2.24) is 9.88 Å². The van der Waals surface area contributed by atoms with Crippen LogP contribution in [0.15, 0.2) is 36.5 Å². The zero-order valence-electron chi connectivity index (χ0n) is 21.4. The van der Waals surface area contributed by atoms with Crippen LogP contribution < -0.4 is 5.32 Å². The number of aromatic nitrogens is 1. The Hall–Kier alpha value is -2.41. The van der Waals surface area contributed by atoms with Gasteiger partial charge in [0.2, 0.25) is 0 Å². The molecule has 38 heavy (non-hydrogen) atoms. The number of fused-ring (bicyclic) bond motifs is 1. The molecule has 0 bridgehead atoms. The van der Waals surface area contributed by atoms with Crippen molar-refractivity contribution in [1.29, 1.82) is 0 Å². The molecule has 202 valence electrons. The average Bonchev–Trinajstić information content (AvgIpc) is 3.64. The van der Waals surface area contributed by atoms with E-state index >= 15 is 0 Å². The highest BCUT2D eigenvalue weighted by Gasteiger charge is 2.33. The zero-order valence-corrected chi connectivity index (χ0v) is 23.0. The number of benzene rings is 2. The molecule has 0 spiro atoms. The van der Waals surface area contributed by atoms with Crippen molar-refractivity contribution in [3.8, 4) is 16.9 Å². The van der Waals surface area contributed by atoms with Crippen LogP contribution in [0.2, 0.25) is 5.02 Å². The normalized spacial score (nSPS) is 21.8. The standard InChI is InChI=1S/C30H33ClFN3O2.ClH/c31-25-14-21(15-26(32)30(25)37)20-7-10-27-23(13-20)28(24(16-33-27)29(36)19-5-6-19)34-22-8-3-18(4-9-22)17-35-11-1-2-12-35;/h7,10,13-16,18-19,22,37H,1-6,8-9,11-12,17H2,(H,33,34);1H/t18-,22-;. The lowest BCUT2D eigenvalue weighted by molar-refractivity contribution is 0.0968. The van der Waals surface area contributed by atoms with Crippen LogP contribution in [0.3, 0.4) is 0 Å². The number of phenols is 1. The Morgan fingerprint density at radius 3 is 2.47 bits per heavy atom. The second kappa shape index (κ2) is 11.4. The second-order valence-corrected chi connectivity index (χ2v) is 11.5. The summed E-state index contributed by atoms with van der Waals surface area (Å²) in [5.41, 5.74) is 3.60. The first-order valence-electron chi connectivity index (χ1n) is 13.6. The molecule has 3 aromatic rings. The first-order chi connectivity index (χ1) is 18.0. The summed E-state index contributed by atoms with van der Waals surface area (Å²) in [6.45, 7) is 3.70. The van der Waals surface area contributed by atoms with Crippen molar-refractivity contribution >= 4 is 46.4 Å². The van der Waals surface area contributed by atoms with E-state index in [1.165, 1.54) is 51.4 Å². The number of halogens is 3. The first-order valence-corrected chi connectivity index (χ1v) is 14.0. The quantitative estimate of drug-likeness (QED) is 0.295. The van der Waals surface area contributed by atoms with E-state index in [0.29, 0.717) is 17.2 Å². The van der Waals surface area contributed by atoms with Gasteiger partial charge in [0.15, 0.2) is 17.3 Å². The Morgan fingerprint density at radius 2 is 1.79 bits per heavy atom. The number of hydrogen-bond donors (Lipinski definition) is 2. The number of rotatable bonds is 7. The minimum Gasteiger partial charge on any atom is -0.504 e. The highest BCUT2D eigenvalue weighted by atomic mass is 35.5. The zero-order chi connectivity index (χ0) is 25.5. The summed E-state index contributed by atoms with van der Waals surface area (Å²) in [4.78, 5) is 20.5. The third kappa shape index (κ3) is 5.63. The largest absolute Gasteiger partial charge is 0.504 e. The number of phenolic OH excluding ortho intramolecular Hbond substituents is 1. The molecular formula is C30H34Cl2FN3O2. The predicted molar refractivity (Wildman–Crippen MR) is 153 cm³/mol. The monoisotopic (exact) mass is 557 g/mol. The van der Waals surface area contributed by atoms with Gasteiger partial charge in [-0.3, -0.25) is 9.78 Å². The molecule has 2 saturated carbocycles. The molecule has 1 saturated heterocycles. The minimum absolute atomic E-state index is 0. The number of ketones is 1. The van der Waals surface area contributed by atoms with Gasteiger partial charge < -0.3 is 15.3 Å². The Labute approximate surface area is 234 Å². The van der Waals surface area contributed by atoms with E-state index in [-0.39, 0.29) is 29.1 Å². The van der Waals surface area contributed by atoms with E-state index in [4.69, 9.17) is 11.6 Å². The van der Waals surface area contributed by atoms with E-state index in [0.717, 1.165) is 53.8 Å². The van der Waals surface area contributed by atoms with Crippen LogP contribution in [0.25, 0.3) is 22.0 Å². The molecule has 2 aliphatic carbocycles. The Bertz CT molecular complexity index is 1310. The average molecular weight is 559 g/mol. The van der Waals surface area contributed by atoms with Crippen molar-refractivity contribution in [3.63, 3.8) is 0 Å². The molecule has 2 N–H and O–H groups in total. The molecule has 0 unspecified atom stereocenters. The summed E-state index contributed by atoms with van der Waals surface area (Å²) >= 11 is 6.06. The number of nitrogens with one attached hydrogen (secondary N) is 1. The van der Waals surface area contributed by atoms with Gasteiger partial charge in [0, 0.05) is 30.1 Å². The number of aromatic hydroxyl groups is 1. The summed E-state index contributed by atoms with van der Waals surface area (Å²) in [5, 5.41) is 14.4. The molecule has 3 aliphatic rings. The van der Waals surface area contributed by atoms with Gasteiger partial charge in [-0.1, -0.05) is 17.7 Å². The predicted octanol–water partition coefficient (Wildman–Crippen LogP) is 7.48. The Balaban J connectivity index is 0.00000294. The number of carbonyl (C=O) groups is 1. The van der Waals surface area contributed by atoms with Crippen molar-refractivity contribution in [2.75, 3.05) is 25.0 Å². The lowest BCUT2D eigenvalue weighted by atomic mass is 9.85. The summed E-state index contributed by atoms with van der Waals surface area (Å²) < 4.78 is 14.2. The summed E-state index contributed by atoms with van der Waals surface area (Å²) in [5.74, 6) is -0.318. The van der Waals surface area contributed by atoms with Gasteiger partial charge in [-0.25, -0.2) is 4.39 Å². The third-order valence-electron chi connectivity index (χ3n) is 8.34. The smallest absolute Gasteiger partial charge is 0.170 e. The molecule has 3 fully saturated rings. The van der Waals surface area contributed by atoms with Crippen molar-refractivity contribution in [3.05, 3.63) is 52.9 Å². The molecule has 0 radical (unpaired) electrons. The summed E-state index contributed by atoms with van der Waals surface area (Å²) in [6.07, 6.45) is 10.8. The molecule has 1 aliphatic heterocycles. The van der Waals surface area contributed by atoms with E-state index < -0.39 is 11.6 Å². The highest BCUT2D eigenvalue weighted by molar-refractivity contribution is 6.32. The number of hydrogen-bond acceptors (Lipinski definition) is 5. The molecule has 8 heteroatoms. The van der Waals surface area contributed by atoms with E-state index in [9.17, 15) is 14.3 Å². The fourth-order valence-corrected chi connectivity index (χ4v) is 6.24. The molecule has 5 nitrogen and oxygen atoms in total. The molecule has 1 aromatic heterocycles. The molecule has 0 amide bonds. The van der Waals surface area contributed by atoms with E-state index in [2.05, 4.69) is 15.2 Å².